The summed E-state index contributed by atoms with van der Waals surface area (Å²) >= 11 is 6.26. The van der Waals surface area contributed by atoms with Crippen LogP contribution in [0.2, 0.25) is 5.02 Å². The molecule has 2 aliphatic rings. The first-order valence-corrected chi connectivity index (χ1v) is 6.87. The number of benzene rings is 1. The molecule has 0 saturated carbocycles. The number of hydrogen-bond donors (Lipinski definition) is 2. The molecule has 2 saturated heterocycles. The summed E-state index contributed by atoms with van der Waals surface area (Å²) in [7, 11) is 0. The summed E-state index contributed by atoms with van der Waals surface area (Å²) in [6, 6.07) is 8.25. The Morgan fingerprint density at radius 2 is 1.94 bits per heavy atom. The van der Waals surface area contributed by atoms with Gasteiger partial charge in [0.15, 0.2) is 0 Å². The average molecular weight is 251 g/mol. The van der Waals surface area contributed by atoms with Crippen molar-refractivity contribution >= 4 is 17.3 Å². The average Bonchev–Trinajstić information content (AvgIpc) is 2.62. The molecular weight excluding hydrogens is 232 g/mol. The zero-order valence-corrected chi connectivity index (χ0v) is 10.9. The number of rotatable bonds is 2. The van der Waals surface area contributed by atoms with Gasteiger partial charge >= 0.3 is 0 Å². The zero-order valence-electron chi connectivity index (χ0n) is 10.2. The lowest BCUT2D eigenvalue weighted by atomic mass is 9.99. The molecule has 0 aromatic heterocycles. The van der Waals surface area contributed by atoms with Gasteiger partial charge < -0.3 is 10.6 Å². The highest BCUT2D eigenvalue weighted by molar-refractivity contribution is 6.33. The van der Waals surface area contributed by atoms with E-state index in [1.807, 2.05) is 6.07 Å². The summed E-state index contributed by atoms with van der Waals surface area (Å²) in [6.07, 6.45) is 5.12. The van der Waals surface area contributed by atoms with Gasteiger partial charge in [-0.3, -0.25) is 0 Å². The van der Waals surface area contributed by atoms with Crippen molar-refractivity contribution in [2.24, 2.45) is 0 Å². The molecule has 0 amide bonds. The van der Waals surface area contributed by atoms with Crippen LogP contribution in [0, 0.1) is 6.92 Å². The van der Waals surface area contributed by atoms with Crippen molar-refractivity contribution in [1.29, 1.82) is 0 Å². The monoisotopic (exact) mass is 250 g/mol. The molecule has 3 heteroatoms. The summed E-state index contributed by atoms with van der Waals surface area (Å²) in [5, 5.41) is 8.11. The van der Waals surface area contributed by atoms with Crippen LogP contribution in [-0.2, 0) is 0 Å². The first-order valence-electron chi connectivity index (χ1n) is 6.49. The molecule has 1 aromatic rings. The van der Waals surface area contributed by atoms with Crippen molar-refractivity contribution in [1.82, 2.24) is 5.32 Å². The van der Waals surface area contributed by atoms with Crippen molar-refractivity contribution in [3.05, 3.63) is 28.8 Å². The number of nitrogens with one attached hydrogen (secondary N) is 2. The third-order valence-electron chi connectivity index (χ3n) is 3.96. The van der Waals surface area contributed by atoms with Gasteiger partial charge in [0.25, 0.3) is 0 Å². The van der Waals surface area contributed by atoms with E-state index in [2.05, 4.69) is 29.7 Å². The largest absolute Gasteiger partial charge is 0.381 e. The van der Waals surface area contributed by atoms with Gasteiger partial charge in [-0.05, 0) is 50.3 Å². The molecule has 2 atom stereocenters. The Bertz CT molecular complexity index is 407. The summed E-state index contributed by atoms with van der Waals surface area (Å²) in [4.78, 5) is 0. The van der Waals surface area contributed by atoms with E-state index >= 15 is 0 Å². The Balaban J connectivity index is 1.70. The van der Waals surface area contributed by atoms with E-state index in [-0.39, 0.29) is 0 Å². The van der Waals surface area contributed by atoms with Gasteiger partial charge in [-0.2, -0.15) is 0 Å². The van der Waals surface area contributed by atoms with Crippen LogP contribution in [0.3, 0.4) is 0 Å². The molecule has 1 aromatic carbocycles. The molecule has 2 unspecified atom stereocenters. The van der Waals surface area contributed by atoms with E-state index in [1.165, 1.54) is 31.2 Å². The van der Waals surface area contributed by atoms with Crippen molar-refractivity contribution in [2.75, 3.05) is 5.32 Å². The maximum Gasteiger partial charge on any atom is 0.0640 e. The predicted molar refractivity (Wildman–Crippen MR) is 72.8 cm³/mol. The van der Waals surface area contributed by atoms with Gasteiger partial charge in [0.1, 0.15) is 0 Å². The first-order chi connectivity index (χ1) is 8.20. The lowest BCUT2D eigenvalue weighted by Crippen LogP contribution is -2.43. The Labute approximate surface area is 108 Å². The Morgan fingerprint density at radius 1 is 1.24 bits per heavy atom. The maximum absolute atomic E-state index is 6.26. The predicted octanol–water partition coefficient (Wildman–Crippen LogP) is 3.34. The summed E-state index contributed by atoms with van der Waals surface area (Å²) in [5.74, 6) is 0. The highest BCUT2D eigenvalue weighted by atomic mass is 35.5. The van der Waals surface area contributed by atoms with Crippen LogP contribution in [0.25, 0.3) is 0 Å². The molecule has 2 heterocycles. The maximum atomic E-state index is 6.26. The Kier molecular flexibility index (Phi) is 3.01. The second-order valence-electron chi connectivity index (χ2n) is 5.43. The Morgan fingerprint density at radius 3 is 2.59 bits per heavy atom. The molecule has 3 rings (SSSR count). The lowest BCUT2D eigenvalue weighted by molar-refractivity contribution is 0.378. The van der Waals surface area contributed by atoms with E-state index in [0.29, 0.717) is 6.04 Å². The molecule has 2 N–H and O–H groups in total. The number of anilines is 1. The van der Waals surface area contributed by atoms with Crippen LogP contribution in [0.5, 0.6) is 0 Å². The van der Waals surface area contributed by atoms with E-state index in [1.54, 1.807) is 0 Å². The lowest BCUT2D eigenvalue weighted by Gasteiger charge is -2.30. The van der Waals surface area contributed by atoms with Gasteiger partial charge in [0.2, 0.25) is 0 Å². The minimum absolute atomic E-state index is 0.578. The van der Waals surface area contributed by atoms with Crippen LogP contribution < -0.4 is 10.6 Å². The molecule has 2 nitrogen and oxygen atoms in total. The fourth-order valence-corrected chi connectivity index (χ4v) is 3.42. The summed E-state index contributed by atoms with van der Waals surface area (Å²) in [5.41, 5.74) is 2.30. The fraction of sp³-hybridized carbons (Fsp3) is 0.571. The van der Waals surface area contributed by atoms with E-state index < -0.39 is 0 Å². The van der Waals surface area contributed by atoms with Crippen molar-refractivity contribution in [2.45, 2.75) is 50.7 Å². The summed E-state index contributed by atoms with van der Waals surface area (Å²) < 4.78 is 0. The standard InChI is InChI=1S/C14H19ClN2/c1-9-2-5-14(13(15)6-9)17-12-7-10-3-4-11(8-12)16-10/h2,5-6,10-12,16-17H,3-4,7-8H2,1H3. The van der Waals surface area contributed by atoms with Crippen LogP contribution in [0.15, 0.2) is 18.2 Å². The topological polar surface area (TPSA) is 24.1 Å². The van der Waals surface area contributed by atoms with Gasteiger partial charge in [0.05, 0.1) is 10.7 Å². The quantitative estimate of drug-likeness (QED) is 0.841. The molecule has 0 radical (unpaired) electrons. The highest BCUT2D eigenvalue weighted by Gasteiger charge is 2.33. The smallest absolute Gasteiger partial charge is 0.0640 e. The second-order valence-corrected chi connectivity index (χ2v) is 5.84. The number of fused-ring (bicyclic) bond motifs is 2. The molecule has 2 fully saturated rings. The molecule has 92 valence electrons. The summed E-state index contributed by atoms with van der Waals surface area (Å²) in [6.45, 7) is 2.07. The molecular formula is C14H19ClN2. The van der Waals surface area contributed by atoms with Gasteiger partial charge in [-0.1, -0.05) is 17.7 Å². The fourth-order valence-electron chi connectivity index (χ4n) is 3.13. The first kappa shape index (κ1) is 11.4. The minimum atomic E-state index is 0.578. The zero-order chi connectivity index (χ0) is 11.8. The molecule has 17 heavy (non-hydrogen) atoms. The van der Waals surface area contributed by atoms with Crippen molar-refractivity contribution in [3.63, 3.8) is 0 Å². The van der Waals surface area contributed by atoms with Crippen molar-refractivity contribution < 1.29 is 0 Å². The number of piperidine rings is 1. The van der Waals surface area contributed by atoms with E-state index in [9.17, 15) is 0 Å². The van der Waals surface area contributed by atoms with Crippen molar-refractivity contribution in [3.8, 4) is 0 Å². The van der Waals surface area contributed by atoms with Gasteiger partial charge in [-0.25, -0.2) is 0 Å². The number of hydrogen-bond acceptors (Lipinski definition) is 2. The van der Waals surface area contributed by atoms with Crippen LogP contribution in [0.1, 0.15) is 31.2 Å². The van der Waals surface area contributed by atoms with E-state index in [4.69, 9.17) is 11.6 Å². The molecule has 2 bridgehead atoms. The molecule has 0 aliphatic carbocycles. The van der Waals surface area contributed by atoms with Crippen LogP contribution >= 0.6 is 11.6 Å². The van der Waals surface area contributed by atoms with Gasteiger partial charge in [0, 0.05) is 18.1 Å². The third-order valence-corrected chi connectivity index (χ3v) is 4.27. The molecule has 2 aliphatic heterocycles. The third kappa shape index (κ3) is 2.43. The Hall–Kier alpha value is -0.730. The SMILES string of the molecule is Cc1ccc(NC2CC3CCC(C2)N3)c(Cl)c1. The number of aryl methyl sites for hydroxylation is 1. The number of halogens is 1. The normalized spacial score (nSPS) is 31.5. The highest BCUT2D eigenvalue weighted by Crippen LogP contribution is 2.31. The second kappa shape index (κ2) is 4.51. The van der Waals surface area contributed by atoms with Crippen LogP contribution in [0.4, 0.5) is 5.69 Å². The molecule has 0 spiro atoms. The minimum Gasteiger partial charge on any atom is -0.381 e. The van der Waals surface area contributed by atoms with E-state index in [0.717, 1.165) is 22.8 Å². The van der Waals surface area contributed by atoms with Gasteiger partial charge in [-0.15, -0.1) is 0 Å². The van der Waals surface area contributed by atoms with Crippen LogP contribution in [-0.4, -0.2) is 18.1 Å².